The highest BCUT2D eigenvalue weighted by atomic mass is 32.2. The lowest BCUT2D eigenvalue weighted by Gasteiger charge is -2.30. The van der Waals surface area contributed by atoms with Crippen LogP contribution in [0.3, 0.4) is 0 Å². The Labute approximate surface area is 204 Å². The van der Waals surface area contributed by atoms with Crippen molar-refractivity contribution in [2.45, 2.75) is 17.7 Å². The zero-order valence-electron chi connectivity index (χ0n) is 19.3. The van der Waals surface area contributed by atoms with E-state index in [1.54, 1.807) is 37.4 Å². The third-order valence-electron chi connectivity index (χ3n) is 6.33. The van der Waals surface area contributed by atoms with E-state index in [1.807, 2.05) is 42.5 Å². The second-order valence-electron chi connectivity index (χ2n) is 8.50. The molecule has 0 spiro atoms. The third-order valence-corrected chi connectivity index (χ3v) is 8.22. The highest BCUT2D eigenvalue weighted by Crippen LogP contribution is 2.29. The minimum Gasteiger partial charge on any atom is -0.495 e. The van der Waals surface area contributed by atoms with E-state index in [0.717, 1.165) is 5.56 Å². The van der Waals surface area contributed by atoms with Crippen LogP contribution in [-0.2, 0) is 14.8 Å². The summed E-state index contributed by atoms with van der Waals surface area (Å²) in [4.78, 5) is 20.8. The SMILES string of the molecule is COc1ccccc1NC(=O)C1CCN(S(=O)(=O)c2ccc3nc(-c4ccccc4)[nH]c3c2)CC1. The van der Waals surface area contributed by atoms with Crippen molar-refractivity contribution < 1.29 is 17.9 Å². The fourth-order valence-corrected chi connectivity index (χ4v) is 5.87. The van der Waals surface area contributed by atoms with Gasteiger partial charge in [0, 0.05) is 24.6 Å². The number of imidazole rings is 1. The summed E-state index contributed by atoms with van der Waals surface area (Å²) >= 11 is 0. The molecule has 1 aromatic heterocycles. The number of piperidine rings is 1. The summed E-state index contributed by atoms with van der Waals surface area (Å²) in [5.41, 5.74) is 2.91. The number of H-pyrrole nitrogens is 1. The van der Waals surface area contributed by atoms with Crippen molar-refractivity contribution in [3.05, 3.63) is 72.8 Å². The number of methoxy groups -OCH3 is 1. The Bertz CT molecular complexity index is 1460. The lowest BCUT2D eigenvalue weighted by molar-refractivity contribution is -0.120. The number of sulfonamides is 1. The van der Waals surface area contributed by atoms with Gasteiger partial charge in [0.1, 0.15) is 11.6 Å². The molecule has 3 aromatic carbocycles. The second-order valence-corrected chi connectivity index (χ2v) is 10.4. The zero-order chi connectivity index (χ0) is 24.4. The number of carbonyl (C=O) groups is 1. The molecule has 0 unspecified atom stereocenters. The first-order chi connectivity index (χ1) is 17.0. The van der Waals surface area contributed by atoms with Gasteiger partial charge < -0.3 is 15.0 Å². The van der Waals surface area contributed by atoms with E-state index < -0.39 is 10.0 Å². The van der Waals surface area contributed by atoms with Crippen molar-refractivity contribution in [2.75, 3.05) is 25.5 Å². The molecule has 35 heavy (non-hydrogen) atoms. The number of aromatic nitrogens is 2. The predicted octanol–water partition coefficient (Wildman–Crippen LogP) is 4.28. The molecule has 9 heteroatoms. The summed E-state index contributed by atoms with van der Waals surface area (Å²) in [6.45, 7) is 0.561. The first kappa shape index (κ1) is 23.1. The number of para-hydroxylation sites is 2. The van der Waals surface area contributed by atoms with E-state index in [0.29, 0.717) is 41.1 Å². The number of hydrogen-bond acceptors (Lipinski definition) is 5. The number of amides is 1. The van der Waals surface area contributed by atoms with Gasteiger partial charge in [0.2, 0.25) is 15.9 Å². The predicted molar refractivity (Wildman–Crippen MR) is 135 cm³/mol. The molecule has 0 radical (unpaired) electrons. The average Bonchev–Trinajstić information content (AvgIpc) is 3.33. The normalized spacial score (nSPS) is 15.2. The van der Waals surface area contributed by atoms with Crippen LogP contribution < -0.4 is 10.1 Å². The summed E-state index contributed by atoms with van der Waals surface area (Å²) in [6, 6.07) is 21.9. The second kappa shape index (κ2) is 9.52. The van der Waals surface area contributed by atoms with Crippen LogP contribution in [-0.4, -0.2) is 48.8 Å². The largest absolute Gasteiger partial charge is 0.495 e. The van der Waals surface area contributed by atoms with E-state index in [1.165, 1.54) is 4.31 Å². The molecule has 1 aliphatic heterocycles. The molecule has 1 fully saturated rings. The molecule has 0 saturated carbocycles. The fraction of sp³-hybridized carbons (Fsp3) is 0.231. The number of aromatic amines is 1. The lowest BCUT2D eigenvalue weighted by atomic mass is 9.97. The van der Waals surface area contributed by atoms with Crippen molar-refractivity contribution in [3.8, 4) is 17.1 Å². The van der Waals surface area contributed by atoms with Crippen molar-refractivity contribution >= 4 is 32.7 Å². The van der Waals surface area contributed by atoms with Crippen LogP contribution in [0.4, 0.5) is 5.69 Å². The van der Waals surface area contributed by atoms with Crippen LogP contribution in [0.15, 0.2) is 77.7 Å². The highest BCUT2D eigenvalue weighted by molar-refractivity contribution is 7.89. The van der Waals surface area contributed by atoms with Crippen molar-refractivity contribution in [3.63, 3.8) is 0 Å². The Balaban J connectivity index is 1.28. The summed E-state index contributed by atoms with van der Waals surface area (Å²) in [5.74, 6) is 0.885. The first-order valence-electron chi connectivity index (χ1n) is 11.4. The monoisotopic (exact) mass is 490 g/mol. The Morgan fingerprint density at radius 2 is 1.74 bits per heavy atom. The maximum absolute atomic E-state index is 13.3. The summed E-state index contributed by atoms with van der Waals surface area (Å²) < 4.78 is 33.4. The summed E-state index contributed by atoms with van der Waals surface area (Å²) in [5, 5.41) is 2.91. The Kier molecular flexibility index (Phi) is 6.27. The molecule has 1 aliphatic rings. The first-order valence-corrected chi connectivity index (χ1v) is 12.9. The smallest absolute Gasteiger partial charge is 0.243 e. The quantitative estimate of drug-likeness (QED) is 0.420. The average molecular weight is 491 g/mol. The van der Waals surface area contributed by atoms with E-state index in [-0.39, 0.29) is 29.8 Å². The molecule has 2 heterocycles. The number of ether oxygens (including phenoxy) is 1. The number of hydrogen-bond donors (Lipinski definition) is 2. The van der Waals surface area contributed by atoms with Crippen LogP contribution in [0.25, 0.3) is 22.4 Å². The van der Waals surface area contributed by atoms with Gasteiger partial charge in [-0.15, -0.1) is 0 Å². The van der Waals surface area contributed by atoms with Crippen LogP contribution in [0.5, 0.6) is 5.75 Å². The number of anilines is 1. The van der Waals surface area contributed by atoms with Gasteiger partial charge in [0.05, 0.1) is 28.7 Å². The van der Waals surface area contributed by atoms with Gasteiger partial charge in [-0.3, -0.25) is 4.79 Å². The van der Waals surface area contributed by atoms with Gasteiger partial charge in [0.25, 0.3) is 0 Å². The number of carbonyl (C=O) groups excluding carboxylic acids is 1. The van der Waals surface area contributed by atoms with Gasteiger partial charge in [-0.05, 0) is 43.2 Å². The van der Waals surface area contributed by atoms with Gasteiger partial charge in [-0.25, -0.2) is 13.4 Å². The van der Waals surface area contributed by atoms with Gasteiger partial charge >= 0.3 is 0 Å². The van der Waals surface area contributed by atoms with Gasteiger partial charge in [0.15, 0.2) is 0 Å². The zero-order valence-corrected chi connectivity index (χ0v) is 20.1. The van der Waals surface area contributed by atoms with Gasteiger partial charge in [-0.2, -0.15) is 4.31 Å². The Morgan fingerprint density at radius 3 is 2.49 bits per heavy atom. The minimum absolute atomic E-state index is 0.126. The minimum atomic E-state index is -3.69. The van der Waals surface area contributed by atoms with Crippen molar-refractivity contribution in [1.82, 2.24) is 14.3 Å². The standard InChI is InChI=1S/C26H26N4O4S/c1-34-24-10-6-5-9-22(24)29-26(31)19-13-15-30(16-14-19)35(32,33)20-11-12-21-23(17-20)28-25(27-21)18-7-3-2-4-8-18/h2-12,17,19H,13-16H2,1H3,(H,27,28)(H,29,31). The molecular formula is C26H26N4O4S. The molecule has 8 nitrogen and oxygen atoms in total. The van der Waals surface area contributed by atoms with Gasteiger partial charge in [-0.1, -0.05) is 42.5 Å². The molecule has 0 atom stereocenters. The summed E-state index contributed by atoms with van der Waals surface area (Å²) in [7, 11) is -2.14. The van der Waals surface area contributed by atoms with Crippen molar-refractivity contribution in [1.29, 1.82) is 0 Å². The molecular weight excluding hydrogens is 464 g/mol. The Hall–Kier alpha value is -3.69. The fourth-order valence-electron chi connectivity index (χ4n) is 4.37. The maximum Gasteiger partial charge on any atom is 0.243 e. The number of benzene rings is 3. The number of nitrogens with one attached hydrogen (secondary N) is 2. The van der Waals surface area contributed by atoms with E-state index >= 15 is 0 Å². The molecule has 5 rings (SSSR count). The molecule has 1 amide bonds. The summed E-state index contributed by atoms with van der Waals surface area (Å²) in [6.07, 6.45) is 0.898. The van der Waals surface area contributed by atoms with Crippen LogP contribution in [0.1, 0.15) is 12.8 Å². The van der Waals surface area contributed by atoms with Crippen LogP contribution in [0.2, 0.25) is 0 Å². The third kappa shape index (κ3) is 4.65. The number of nitrogens with zero attached hydrogens (tertiary/aromatic N) is 2. The highest BCUT2D eigenvalue weighted by Gasteiger charge is 2.32. The maximum atomic E-state index is 13.3. The van der Waals surface area contributed by atoms with E-state index in [2.05, 4.69) is 15.3 Å². The number of rotatable bonds is 6. The molecule has 0 aliphatic carbocycles. The van der Waals surface area contributed by atoms with E-state index in [9.17, 15) is 13.2 Å². The molecule has 2 N–H and O–H groups in total. The Morgan fingerprint density at radius 1 is 1.03 bits per heavy atom. The lowest BCUT2D eigenvalue weighted by Crippen LogP contribution is -2.41. The topological polar surface area (TPSA) is 104 Å². The molecule has 4 aromatic rings. The molecule has 0 bridgehead atoms. The number of fused-ring (bicyclic) bond motifs is 1. The van der Waals surface area contributed by atoms with Crippen LogP contribution in [0, 0.1) is 5.92 Å². The molecule has 1 saturated heterocycles. The van der Waals surface area contributed by atoms with Crippen molar-refractivity contribution in [2.24, 2.45) is 5.92 Å². The molecule has 180 valence electrons. The van der Waals surface area contributed by atoms with Crippen LogP contribution >= 0.6 is 0 Å². The van der Waals surface area contributed by atoms with E-state index in [4.69, 9.17) is 4.74 Å².